The molecule has 3 aromatic rings. The van der Waals surface area contributed by atoms with Gasteiger partial charge in [0.15, 0.2) is 5.16 Å². The Morgan fingerprint density at radius 1 is 1.04 bits per heavy atom. The van der Waals surface area contributed by atoms with Crippen LogP contribution in [0.3, 0.4) is 0 Å². The largest absolute Gasteiger partial charge is 0.494 e. The van der Waals surface area contributed by atoms with Crippen molar-refractivity contribution in [3.63, 3.8) is 0 Å². The number of aryl methyl sites for hydroxylation is 1. The van der Waals surface area contributed by atoms with E-state index >= 15 is 0 Å². The molecule has 7 heteroatoms. The van der Waals surface area contributed by atoms with E-state index in [1.165, 1.54) is 0 Å². The zero-order valence-corrected chi connectivity index (χ0v) is 16.2. The predicted octanol–water partition coefficient (Wildman–Crippen LogP) is 5.57. The van der Waals surface area contributed by atoms with E-state index in [1.54, 1.807) is 11.8 Å². The van der Waals surface area contributed by atoms with Gasteiger partial charge in [0.25, 0.3) is 0 Å². The number of halogens is 2. The number of hydrogen-bond acceptors (Lipinski definition) is 4. The third-order valence-corrected chi connectivity index (χ3v) is 5.29. The van der Waals surface area contributed by atoms with E-state index < -0.39 is 0 Å². The number of benzene rings is 2. The molecule has 130 valence electrons. The van der Waals surface area contributed by atoms with Crippen molar-refractivity contribution in [2.24, 2.45) is 0 Å². The minimum atomic E-state index is 0.559. The maximum atomic E-state index is 6.08. The normalized spacial score (nSPS) is 10.9. The molecule has 3 rings (SSSR count). The van der Waals surface area contributed by atoms with E-state index in [0.717, 1.165) is 33.7 Å². The molecule has 0 aliphatic rings. The molecule has 0 radical (unpaired) electrons. The van der Waals surface area contributed by atoms with Crippen LogP contribution < -0.4 is 4.74 Å². The van der Waals surface area contributed by atoms with E-state index in [0.29, 0.717) is 16.7 Å². The first-order chi connectivity index (χ1) is 12.1. The first-order valence-corrected chi connectivity index (χ1v) is 9.54. The molecule has 0 bridgehead atoms. The summed E-state index contributed by atoms with van der Waals surface area (Å²) in [6, 6.07) is 13.6. The number of thioether (sulfide) groups is 1. The van der Waals surface area contributed by atoms with Gasteiger partial charge in [0.05, 0.1) is 16.7 Å². The summed E-state index contributed by atoms with van der Waals surface area (Å²) in [5, 5.41) is 10.4. The van der Waals surface area contributed by atoms with Crippen molar-refractivity contribution in [1.29, 1.82) is 0 Å². The Morgan fingerprint density at radius 3 is 2.48 bits per heavy atom. The monoisotopic (exact) mass is 393 g/mol. The molecule has 0 aliphatic carbocycles. The quantitative estimate of drug-likeness (QED) is 0.512. The zero-order chi connectivity index (χ0) is 17.8. The summed E-state index contributed by atoms with van der Waals surface area (Å²) in [4.78, 5) is 0. The number of aromatic nitrogens is 3. The molecule has 0 spiro atoms. The summed E-state index contributed by atoms with van der Waals surface area (Å²) >= 11 is 13.6. The van der Waals surface area contributed by atoms with Gasteiger partial charge in [-0.2, -0.15) is 0 Å². The van der Waals surface area contributed by atoms with Gasteiger partial charge >= 0.3 is 0 Å². The average Bonchev–Trinajstić information content (AvgIpc) is 2.98. The van der Waals surface area contributed by atoms with Crippen molar-refractivity contribution in [1.82, 2.24) is 14.8 Å². The molecule has 0 amide bonds. The summed E-state index contributed by atoms with van der Waals surface area (Å²) in [5.41, 5.74) is 2.08. The lowest BCUT2D eigenvalue weighted by atomic mass is 10.2. The van der Waals surface area contributed by atoms with Crippen molar-refractivity contribution < 1.29 is 4.74 Å². The molecule has 0 unspecified atom stereocenters. The van der Waals surface area contributed by atoms with Crippen molar-refractivity contribution in [3.8, 4) is 11.4 Å². The minimum Gasteiger partial charge on any atom is -0.494 e. The number of nitrogens with zero attached hydrogens (tertiary/aromatic N) is 3. The fraction of sp³-hybridized carbons (Fsp3) is 0.222. The molecular formula is C18H17Cl2N3OS. The zero-order valence-electron chi connectivity index (χ0n) is 13.9. The van der Waals surface area contributed by atoms with E-state index in [1.807, 2.05) is 60.9 Å². The third kappa shape index (κ3) is 4.29. The fourth-order valence-electron chi connectivity index (χ4n) is 2.37. The standard InChI is InChI=1S/C18H17Cl2N3OS/c1-3-24-15-7-5-14(6-8-15)23-12(2)21-22-18(23)25-11-13-4-9-16(19)17(20)10-13/h4-10H,3,11H2,1-2H3. The van der Waals surface area contributed by atoms with Gasteiger partial charge in [0.1, 0.15) is 11.6 Å². The highest BCUT2D eigenvalue weighted by molar-refractivity contribution is 7.98. The van der Waals surface area contributed by atoms with Crippen molar-refractivity contribution in [2.75, 3.05) is 6.61 Å². The second-order valence-electron chi connectivity index (χ2n) is 5.33. The Bertz CT molecular complexity index is 865. The molecule has 4 nitrogen and oxygen atoms in total. The van der Waals surface area contributed by atoms with Crippen LogP contribution in [-0.2, 0) is 5.75 Å². The summed E-state index contributed by atoms with van der Waals surface area (Å²) in [6.07, 6.45) is 0. The van der Waals surface area contributed by atoms with Crippen molar-refractivity contribution in [3.05, 3.63) is 63.9 Å². The Labute approximate surface area is 161 Å². The maximum absolute atomic E-state index is 6.08. The third-order valence-electron chi connectivity index (χ3n) is 3.55. The van der Waals surface area contributed by atoms with Crippen LogP contribution in [0.2, 0.25) is 10.0 Å². The van der Waals surface area contributed by atoms with Gasteiger partial charge in [-0.15, -0.1) is 10.2 Å². The lowest BCUT2D eigenvalue weighted by Gasteiger charge is -2.10. The van der Waals surface area contributed by atoms with Gasteiger partial charge in [-0.05, 0) is 55.8 Å². The predicted molar refractivity (Wildman–Crippen MR) is 103 cm³/mol. The number of ether oxygens (including phenoxy) is 1. The van der Waals surface area contributed by atoms with Crippen LogP contribution in [0.1, 0.15) is 18.3 Å². The smallest absolute Gasteiger partial charge is 0.196 e. The van der Waals surface area contributed by atoms with Crippen LogP contribution in [0, 0.1) is 6.92 Å². The van der Waals surface area contributed by atoms with E-state index in [4.69, 9.17) is 27.9 Å². The Kier molecular flexibility index (Phi) is 5.89. The Morgan fingerprint density at radius 2 is 1.80 bits per heavy atom. The highest BCUT2D eigenvalue weighted by Crippen LogP contribution is 2.29. The molecule has 1 heterocycles. The fourth-order valence-corrected chi connectivity index (χ4v) is 3.63. The number of rotatable bonds is 6. The molecule has 0 aliphatic heterocycles. The summed E-state index contributed by atoms with van der Waals surface area (Å²) < 4.78 is 7.52. The highest BCUT2D eigenvalue weighted by Gasteiger charge is 2.12. The molecule has 2 aromatic carbocycles. The molecule has 0 saturated carbocycles. The molecule has 0 saturated heterocycles. The van der Waals surface area contributed by atoms with Gasteiger partial charge in [-0.3, -0.25) is 4.57 Å². The van der Waals surface area contributed by atoms with Crippen LogP contribution in [0.15, 0.2) is 47.6 Å². The average molecular weight is 394 g/mol. The molecule has 0 N–H and O–H groups in total. The SMILES string of the molecule is CCOc1ccc(-n2c(C)nnc2SCc2ccc(Cl)c(Cl)c2)cc1. The summed E-state index contributed by atoms with van der Waals surface area (Å²) in [6.45, 7) is 4.55. The second kappa shape index (κ2) is 8.13. The molecule has 0 atom stereocenters. The topological polar surface area (TPSA) is 39.9 Å². The minimum absolute atomic E-state index is 0.559. The first-order valence-electron chi connectivity index (χ1n) is 7.80. The Balaban J connectivity index is 1.80. The molecule has 1 aromatic heterocycles. The van der Waals surface area contributed by atoms with Crippen LogP contribution in [0.5, 0.6) is 5.75 Å². The van der Waals surface area contributed by atoms with E-state index in [2.05, 4.69) is 10.2 Å². The van der Waals surface area contributed by atoms with Gasteiger partial charge in [0, 0.05) is 11.4 Å². The van der Waals surface area contributed by atoms with Gasteiger partial charge in [0.2, 0.25) is 0 Å². The van der Waals surface area contributed by atoms with E-state index in [-0.39, 0.29) is 0 Å². The molecule has 0 fully saturated rings. The van der Waals surface area contributed by atoms with Gasteiger partial charge < -0.3 is 4.74 Å². The number of hydrogen-bond donors (Lipinski definition) is 0. The van der Waals surface area contributed by atoms with Gasteiger partial charge in [-0.25, -0.2) is 0 Å². The van der Waals surface area contributed by atoms with Crippen LogP contribution in [-0.4, -0.2) is 21.4 Å². The lowest BCUT2D eigenvalue weighted by Crippen LogP contribution is -2.00. The molecular weight excluding hydrogens is 377 g/mol. The maximum Gasteiger partial charge on any atom is 0.196 e. The second-order valence-corrected chi connectivity index (χ2v) is 7.09. The van der Waals surface area contributed by atoms with E-state index in [9.17, 15) is 0 Å². The summed E-state index contributed by atoms with van der Waals surface area (Å²) in [5.74, 6) is 2.41. The molecule has 25 heavy (non-hydrogen) atoms. The van der Waals surface area contributed by atoms with Crippen LogP contribution in [0.25, 0.3) is 5.69 Å². The van der Waals surface area contributed by atoms with Crippen LogP contribution >= 0.6 is 35.0 Å². The van der Waals surface area contributed by atoms with Crippen molar-refractivity contribution >= 4 is 35.0 Å². The summed E-state index contributed by atoms with van der Waals surface area (Å²) in [7, 11) is 0. The van der Waals surface area contributed by atoms with Gasteiger partial charge in [-0.1, -0.05) is 41.0 Å². The van der Waals surface area contributed by atoms with Crippen molar-refractivity contribution in [2.45, 2.75) is 24.8 Å². The first kappa shape index (κ1) is 18.1. The van der Waals surface area contributed by atoms with Crippen LogP contribution in [0.4, 0.5) is 0 Å². The highest BCUT2D eigenvalue weighted by atomic mass is 35.5. The lowest BCUT2D eigenvalue weighted by molar-refractivity contribution is 0.340. The Hall–Kier alpha value is -1.69.